The molecule has 0 aliphatic heterocycles. The van der Waals surface area contributed by atoms with Crippen LogP contribution in [0.3, 0.4) is 0 Å². The van der Waals surface area contributed by atoms with Crippen LogP contribution in [0.1, 0.15) is 20.3 Å². The van der Waals surface area contributed by atoms with Crippen LogP contribution in [0.25, 0.3) is 0 Å². The van der Waals surface area contributed by atoms with Gasteiger partial charge in [-0.1, -0.05) is 6.08 Å². The van der Waals surface area contributed by atoms with E-state index in [9.17, 15) is 8.78 Å². The molecule has 2 atom stereocenters. The summed E-state index contributed by atoms with van der Waals surface area (Å²) in [6.45, 7) is 3.83. The van der Waals surface area contributed by atoms with Gasteiger partial charge in [0, 0.05) is 5.57 Å². The zero-order valence-electron chi connectivity index (χ0n) is 7.18. The topological polar surface area (TPSA) is 9.23 Å². The summed E-state index contributed by atoms with van der Waals surface area (Å²) in [6.07, 6.45) is 2.12. The van der Waals surface area contributed by atoms with E-state index in [1.54, 1.807) is 6.08 Å². The molecule has 0 bridgehead atoms. The Kier molecular flexibility index (Phi) is 1.55. The fourth-order valence-corrected chi connectivity index (χ4v) is 1.80. The van der Waals surface area contributed by atoms with Gasteiger partial charge < -0.3 is 4.74 Å². The zero-order chi connectivity index (χ0) is 8.93. The maximum atomic E-state index is 12.6. The average molecular weight is 174 g/mol. The van der Waals surface area contributed by atoms with Gasteiger partial charge in [0.15, 0.2) is 0 Å². The van der Waals surface area contributed by atoms with Gasteiger partial charge in [0.1, 0.15) is 0 Å². The molecule has 0 spiro atoms. The number of allylic oxidation sites excluding steroid dienone is 1. The highest BCUT2D eigenvalue weighted by Gasteiger charge is 2.66. The molecule has 0 heterocycles. The Morgan fingerprint density at radius 3 is 2.67 bits per heavy atom. The Morgan fingerprint density at radius 2 is 2.25 bits per heavy atom. The Morgan fingerprint density at radius 1 is 1.58 bits per heavy atom. The van der Waals surface area contributed by atoms with Crippen LogP contribution in [0.5, 0.6) is 0 Å². The third-order valence-electron chi connectivity index (χ3n) is 2.40. The van der Waals surface area contributed by atoms with Crippen LogP contribution in [0.4, 0.5) is 8.78 Å². The van der Waals surface area contributed by atoms with Crippen molar-refractivity contribution in [1.82, 2.24) is 0 Å². The summed E-state index contributed by atoms with van der Waals surface area (Å²) in [7, 11) is 0. The van der Waals surface area contributed by atoms with Crippen molar-refractivity contribution in [1.29, 1.82) is 0 Å². The molecule has 0 aromatic rings. The van der Waals surface area contributed by atoms with E-state index in [1.807, 2.05) is 13.8 Å². The minimum absolute atomic E-state index is 0.0652. The second kappa shape index (κ2) is 2.28. The van der Waals surface area contributed by atoms with Crippen LogP contribution in [-0.4, -0.2) is 18.1 Å². The smallest absolute Gasteiger partial charge is 0.276 e. The Hall–Kier alpha value is -0.440. The summed E-state index contributed by atoms with van der Waals surface area (Å²) in [5, 5.41) is 0. The minimum atomic E-state index is -2.49. The first kappa shape index (κ1) is 8.17. The first-order valence-corrected chi connectivity index (χ1v) is 4.27. The highest BCUT2D eigenvalue weighted by molar-refractivity contribution is 5.42. The highest BCUT2D eigenvalue weighted by atomic mass is 19.3. The van der Waals surface area contributed by atoms with Gasteiger partial charge in [0.25, 0.3) is 5.92 Å². The lowest BCUT2D eigenvalue weighted by atomic mass is 10.2. The van der Waals surface area contributed by atoms with Gasteiger partial charge in [0.05, 0.1) is 18.1 Å². The van der Waals surface area contributed by atoms with Crippen LogP contribution in [-0.2, 0) is 4.74 Å². The van der Waals surface area contributed by atoms with E-state index in [-0.39, 0.29) is 12.2 Å². The number of rotatable bonds is 2. The summed E-state index contributed by atoms with van der Waals surface area (Å²) in [6, 6.07) is 0. The molecule has 68 valence electrons. The van der Waals surface area contributed by atoms with Crippen molar-refractivity contribution in [3.63, 3.8) is 0 Å². The number of fused-ring (bicyclic) bond motifs is 1. The number of hydrogen-bond acceptors (Lipinski definition) is 1. The van der Waals surface area contributed by atoms with Gasteiger partial charge in [-0.3, -0.25) is 0 Å². The van der Waals surface area contributed by atoms with Crippen molar-refractivity contribution < 1.29 is 13.5 Å². The largest absolute Gasteiger partial charge is 0.371 e. The quantitative estimate of drug-likeness (QED) is 0.584. The van der Waals surface area contributed by atoms with Gasteiger partial charge in [-0.15, -0.1) is 0 Å². The standard InChI is InChI=1S/C9H12F2O/c1-5(2)12-6-3-7-8(4-6)9(7,10)11/h3,5-6,8H,4H2,1-2H3. The summed E-state index contributed by atoms with van der Waals surface area (Å²) in [5.41, 5.74) is 0.299. The van der Waals surface area contributed by atoms with E-state index >= 15 is 0 Å². The molecule has 0 aromatic carbocycles. The molecule has 2 aliphatic carbocycles. The molecule has 0 N–H and O–H groups in total. The van der Waals surface area contributed by atoms with Crippen LogP contribution in [0, 0.1) is 5.92 Å². The van der Waals surface area contributed by atoms with Crippen LogP contribution >= 0.6 is 0 Å². The average Bonchev–Trinajstić information content (AvgIpc) is 2.38. The van der Waals surface area contributed by atoms with Crippen LogP contribution < -0.4 is 0 Å². The summed E-state index contributed by atoms with van der Waals surface area (Å²) in [5.74, 6) is -2.99. The molecule has 0 amide bonds. The van der Waals surface area contributed by atoms with E-state index in [1.165, 1.54) is 0 Å². The normalized spacial score (nSPS) is 36.6. The third kappa shape index (κ3) is 1.07. The van der Waals surface area contributed by atoms with E-state index in [4.69, 9.17) is 4.74 Å². The molecule has 12 heavy (non-hydrogen) atoms. The molecule has 1 saturated carbocycles. The summed E-state index contributed by atoms with van der Waals surface area (Å²) in [4.78, 5) is 0. The second-order valence-corrected chi connectivity index (χ2v) is 3.76. The van der Waals surface area contributed by atoms with E-state index in [0.717, 1.165) is 0 Å². The number of hydrogen-bond donors (Lipinski definition) is 0. The zero-order valence-corrected chi connectivity index (χ0v) is 7.18. The maximum Gasteiger partial charge on any atom is 0.276 e. The number of alkyl halides is 2. The van der Waals surface area contributed by atoms with Gasteiger partial charge in [-0.05, 0) is 20.3 Å². The lowest BCUT2D eigenvalue weighted by molar-refractivity contribution is 0.0141. The second-order valence-electron chi connectivity index (χ2n) is 3.76. The summed E-state index contributed by atoms with van der Waals surface area (Å²) >= 11 is 0. The fraction of sp³-hybridized carbons (Fsp3) is 0.778. The van der Waals surface area contributed by atoms with E-state index < -0.39 is 11.8 Å². The van der Waals surface area contributed by atoms with Crippen molar-refractivity contribution in [2.24, 2.45) is 5.92 Å². The molecule has 2 rings (SSSR count). The van der Waals surface area contributed by atoms with Crippen molar-refractivity contribution in [3.8, 4) is 0 Å². The number of ether oxygens (including phenoxy) is 1. The minimum Gasteiger partial charge on any atom is -0.371 e. The van der Waals surface area contributed by atoms with E-state index in [0.29, 0.717) is 12.0 Å². The molecular formula is C9H12F2O. The Labute approximate surface area is 70.4 Å². The third-order valence-corrected chi connectivity index (χ3v) is 2.40. The lowest BCUT2D eigenvalue weighted by Gasteiger charge is -2.15. The lowest BCUT2D eigenvalue weighted by Crippen LogP contribution is -2.16. The van der Waals surface area contributed by atoms with Gasteiger partial charge >= 0.3 is 0 Å². The van der Waals surface area contributed by atoms with Crippen LogP contribution in [0.2, 0.25) is 0 Å². The van der Waals surface area contributed by atoms with Gasteiger partial charge in [0.2, 0.25) is 0 Å². The molecule has 3 heteroatoms. The predicted octanol–water partition coefficient (Wildman–Crippen LogP) is 2.38. The molecular weight excluding hydrogens is 162 g/mol. The monoisotopic (exact) mass is 174 g/mol. The molecule has 1 nitrogen and oxygen atoms in total. The molecule has 2 aliphatic rings. The van der Waals surface area contributed by atoms with Crippen molar-refractivity contribution in [3.05, 3.63) is 11.6 Å². The molecule has 0 radical (unpaired) electrons. The first-order valence-electron chi connectivity index (χ1n) is 4.27. The Balaban J connectivity index is 1.95. The summed E-state index contributed by atoms with van der Waals surface area (Å²) < 4.78 is 30.7. The number of halogens is 2. The predicted molar refractivity (Wildman–Crippen MR) is 41.1 cm³/mol. The van der Waals surface area contributed by atoms with Crippen LogP contribution in [0.15, 0.2) is 11.6 Å². The molecule has 1 fully saturated rings. The van der Waals surface area contributed by atoms with Gasteiger partial charge in [-0.25, -0.2) is 8.78 Å². The van der Waals surface area contributed by atoms with Gasteiger partial charge in [-0.2, -0.15) is 0 Å². The maximum absolute atomic E-state index is 12.6. The molecule has 2 unspecified atom stereocenters. The first-order chi connectivity index (χ1) is 5.51. The fourth-order valence-electron chi connectivity index (χ4n) is 1.80. The van der Waals surface area contributed by atoms with Crippen molar-refractivity contribution >= 4 is 0 Å². The Bertz CT molecular complexity index is 233. The van der Waals surface area contributed by atoms with Crippen molar-refractivity contribution in [2.45, 2.75) is 38.4 Å². The SMILES string of the molecule is CC(C)OC1C=C2C(C1)C2(F)F. The highest BCUT2D eigenvalue weighted by Crippen LogP contribution is 2.61. The van der Waals surface area contributed by atoms with Crippen molar-refractivity contribution in [2.75, 3.05) is 0 Å². The van der Waals surface area contributed by atoms with E-state index in [2.05, 4.69) is 0 Å². The molecule has 0 saturated heterocycles. The molecule has 0 aromatic heterocycles.